The van der Waals surface area contributed by atoms with Gasteiger partial charge in [0.1, 0.15) is 5.75 Å². The average molecular weight is 432 g/mol. The molecule has 2 atom stereocenters. The first kappa shape index (κ1) is 23.0. The van der Waals surface area contributed by atoms with Crippen molar-refractivity contribution in [1.29, 1.82) is 0 Å². The zero-order valence-electron chi connectivity index (χ0n) is 18.1. The van der Waals surface area contributed by atoms with Gasteiger partial charge in [0.05, 0.1) is 12.6 Å². The molecule has 3 rings (SSSR count). The maximum atomic E-state index is 14.4. The first-order valence-electron chi connectivity index (χ1n) is 9.99. The summed E-state index contributed by atoms with van der Waals surface area (Å²) in [6, 6.07) is 15.7. The van der Waals surface area contributed by atoms with Gasteiger partial charge in [-0.3, -0.25) is 4.98 Å². The van der Waals surface area contributed by atoms with Crippen molar-refractivity contribution in [2.75, 3.05) is 27.7 Å². The molecule has 2 unspecified atom stereocenters. The number of halogens is 3. The van der Waals surface area contributed by atoms with E-state index in [2.05, 4.69) is 4.98 Å². The molecule has 3 aromatic rings. The molecule has 7 heteroatoms. The number of aromatic nitrogens is 1. The fraction of sp³-hybridized carbons (Fsp3) is 0.375. The predicted molar refractivity (Wildman–Crippen MR) is 115 cm³/mol. The predicted octanol–water partition coefficient (Wildman–Crippen LogP) is 4.73. The van der Waals surface area contributed by atoms with E-state index in [0.29, 0.717) is 22.4 Å². The molecule has 0 saturated heterocycles. The fourth-order valence-corrected chi connectivity index (χ4v) is 4.09. The summed E-state index contributed by atoms with van der Waals surface area (Å²) in [5.74, 6) is -0.985. The number of alkyl halides is 3. The lowest BCUT2D eigenvalue weighted by molar-refractivity contribution is -0.272. The number of ether oxygens (including phenoxy) is 1. The summed E-state index contributed by atoms with van der Waals surface area (Å²) in [5, 5.41) is 12.0. The Morgan fingerprint density at radius 2 is 1.74 bits per heavy atom. The van der Waals surface area contributed by atoms with Crippen molar-refractivity contribution in [3.05, 3.63) is 71.4 Å². The molecule has 0 fully saturated rings. The number of fused-ring (bicyclic) bond motifs is 1. The number of pyridine rings is 1. The molecule has 0 radical (unpaired) electrons. The smallest absolute Gasteiger partial charge is 0.419 e. The van der Waals surface area contributed by atoms with Crippen molar-refractivity contribution >= 4 is 10.9 Å². The van der Waals surface area contributed by atoms with E-state index in [1.807, 2.05) is 25.1 Å². The van der Waals surface area contributed by atoms with Crippen molar-refractivity contribution < 1.29 is 23.0 Å². The second-order valence-electron chi connectivity index (χ2n) is 8.09. The molecule has 1 heterocycles. The molecule has 4 nitrogen and oxygen atoms in total. The van der Waals surface area contributed by atoms with E-state index in [1.165, 1.54) is 26.1 Å². The molecule has 0 aliphatic rings. The molecule has 0 saturated carbocycles. The third-order valence-corrected chi connectivity index (χ3v) is 5.52. The van der Waals surface area contributed by atoms with Crippen molar-refractivity contribution in [1.82, 2.24) is 9.88 Å². The second-order valence-corrected chi connectivity index (χ2v) is 8.09. The molecule has 0 aliphatic carbocycles. The van der Waals surface area contributed by atoms with Crippen LogP contribution < -0.4 is 4.74 Å². The molecule has 31 heavy (non-hydrogen) atoms. The zero-order chi connectivity index (χ0) is 22.8. The highest BCUT2D eigenvalue weighted by Crippen LogP contribution is 2.46. The highest BCUT2D eigenvalue weighted by molar-refractivity contribution is 5.82. The number of hydrogen-bond acceptors (Lipinski definition) is 4. The van der Waals surface area contributed by atoms with Crippen LogP contribution >= 0.6 is 0 Å². The minimum Gasteiger partial charge on any atom is -0.496 e. The van der Waals surface area contributed by atoms with E-state index >= 15 is 0 Å². The van der Waals surface area contributed by atoms with Gasteiger partial charge < -0.3 is 14.7 Å². The summed E-state index contributed by atoms with van der Waals surface area (Å²) in [4.78, 5) is 5.84. The van der Waals surface area contributed by atoms with Crippen LogP contribution in [0.5, 0.6) is 5.75 Å². The van der Waals surface area contributed by atoms with E-state index in [0.717, 1.165) is 11.1 Å². The number of nitrogens with zero attached hydrogens (tertiary/aromatic N) is 2. The van der Waals surface area contributed by atoms with E-state index in [4.69, 9.17) is 4.74 Å². The lowest BCUT2D eigenvalue weighted by Crippen LogP contribution is -2.57. The first-order valence-corrected chi connectivity index (χ1v) is 9.99. The molecule has 166 valence electrons. The van der Waals surface area contributed by atoms with Gasteiger partial charge in [0, 0.05) is 29.1 Å². The van der Waals surface area contributed by atoms with Crippen LogP contribution in [0.1, 0.15) is 22.7 Å². The van der Waals surface area contributed by atoms with Crippen LogP contribution in [-0.2, 0) is 6.42 Å². The molecule has 0 amide bonds. The number of para-hydroxylation sites is 1. The van der Waals surface area contributed by atoms with Gasteiger partial charge >= 0.3 is 6.18 Å². The summed E-state index contributed by atoms with van der Waals surface area (Å²) in [6.07, 6.45) is -4.89. The maximum Gasteiger partial charge on any atom is 0.419 e. The molecular formula is C24H27F3N2O2. The van der Waals surface area contributed by atoms with Gasteiger partial charge in [-0.05, 0) is 51.2 Å². The van der Waals surface area contributed by atoms with Gasteiger partial charge in [0.25, 0.3) is 0 Å². The Bertz CT molecular complexity index is 1050. The number of benzene rings is 2. The first-order chi connectivity index (χ1) is 14.6. The monoisotopic (exact) mass is 432 g/mol. The normalized spacial score (nSPS) is 15.1. The number of aryl methyl sites for hydroxylation is 1. The third-order valence-electron chi connectivity index (χ3n) is 5.52. The Balaban J connectivity index is 2.22. The van der Waals surface area contributed by atoms with E-state index in [9.17, 15) is 18.3 Å². The van der Waals surface area contributed by atoms with Crippen LogP contribution in [-0.4, -0.2) is 54.5 Å². The van der Waals surface area contributed by atoms with Crippen LogP contribution in [0.15, 0.2) is 54.6 Å². The minimum atomic E-state index is -4.86. The molecule has 0 spiro atoms. The summed E-state index contributed by atoms with van der Waals surface area (Å²) in [7, 11) is 4.44. The fourth-order valence-electron chi connectivity index (χ4n) is 4.09. The van der Waals surface area contributed by atoms with Gasteiger partial charge in [0.15, 0.2) is 5.60 Å². The van der Waals surface area contributed by atoms with Crippen molar-refractivity contribution in [3.63, 3.8) is 0 Å². The SMILES string of the molecule is COc1ccccc1C(Cc1cccc2nc(C)ccc12)C(O)(CN(C)C)C(F)(F)F. The highest BCUT2D eigenvalue weighted by Gasteiger charge is 2.59. The van der Waals surface area contributed by atoms with Crippen LogP contribution in [0.3, 0.4) is 0 Å². The van der Waals surface area contributed by atoms with E-state index in [1.54, 1.807) is 36.4 Å². The average Bonchev–Trinajstić information content (AvgIpc) is 2.70. The minimum absolute atomic E-state index is 0.0354. The molecule has 1 aromatic heterocycles. The van der Waals surface area contributed by atoms with Gasteiger partial charge in [-0.15, -0.1) is 0 Å². The quantitative estimate of drug-likeness (QED) is 0.586. The van der Waals surface area contributed by atoms with Crippen LogP contribution in [0.4, 0.5) is 13.2 Å². The second kappa shape index (κ2) is 8.85. The Labute approximate surface area is 180 Å². The van der Waals surface area contributed by atoms with E-state index in [-0.39, 0.29) is 6.42 Å². The summed E-state index contributed by atoms with van der Waals surface area (Å²) in [6.45, 7) is 1.28. The van der Waals surface area contributed by atoms with Crippen LogP contribution in [0.25, 0.3) is 10.9 Å². The largest absolute Gasteiger partial charge is 0.496 e. The van der Waals surface area contributed by atoms with Crippen molar-refractivity contribution in [3.8, 4) is 5.75 Å². The van der Waals surface area contributed by atoms with Crippen LogP contribution in [0.2, 0.25) is 0 Å². The van der Waals surface area contributed by atoms with Crippen molar-refractivity contribution in [2.24, 2.45) is 0 Å². The number of methoxy groups -OCH3 is 1. The molecular weight excluding hydrogens is 405 g/mol. The lowest BCUT2D eigenvalue weighted by Gasteiger charge is -2.40. The Kier molecular flexibility index (Phi) is 6.57. The van der Waals surface area contributed by atoms with Gasteiger partial charge in [-0.1, -0.05) is 36.4 Å². The number of hydrogen-bond donors (Lipinski definition) is 1. The number of aliphatic hydroxyl groups is 1. The zero-order valence-corrected chi connectivity index (χ0v) is 18.1. The number of rotatable bonds is 7. The van der Waals surface area contributed by atoms with E-state index < -0.39 is 24.2 Å². The topological polar surface area (TPSA) is 45.6 Å². The van der Waals surface area contributed by atoms with Gasteiger partial charge in [0.2, 0.25) is 0 Å². The third kappa shape index (κ3) is 4.67. The summed E-state index contributed by atoms with van der Waals surface area (Å²) < 4.78 is 48.5. The highest BCUT2D eigenvalue weighted by atomic mass is 19.4. The summed E-state index contributed by atoms with van der Waals surface area (Å²) >= 11 is 0. The Hall–Kier alpha value is -2.64. The lowest BCUT2D eigenvalue weighted by atomic mass is 9.76. The Morgan fingerprint density at radius 3 is 2.39 bits per heavy atom. The molecule has 0 bridgehead atoms. The summed E-state index contributed by atoms with van der Waals surface area (Å²) in [5.41, 5.74) is -0.471. The molecule has 1 N–H and O–H groups in total. The van der Waals surface area contributed by atoms with Crippen LogP contribution in [0, 0.1) is 6.92 Å². The Morgan fingerprint density at radius 1 is 1.03 bits per heavy atom. The molecule has 2 aromatic carbocycles. The standard InChI is InChI=1S/C24H27F3N2O2/c1-16-12-13-18-17(8-7-10-21(18)28-16)14-20(19-9-5-6-11-22(19)31-4)23(30,15-29(2)3)24(25,26)27/h5-13,20,30H,14-15H2,1-4H3. The number of likely N-dealkylation sites (N-methyl/N-ethyl adjacent to an activating group) is 1. The molecule has 0 aliphatic heterocycles. The van der Waals surface area contributed by atoms with Gasteiger partial charge in [-0.2, -0.15) is 13.2 Å². The maximum absolute atomic E-state index is 14.4. The van der Waals surface area contributed by atoms with Gasteiger partial charge in [-0.25, -0.2) is 0 Å². The van der Waals surface area contributed by atoms with Crippen molar-refractivity contribution in [2.45, 2.75) is 31.0 Å².